The van der Waals surface area contributed by atoms with Gasteiger partial charge in [0.15, 0.2) is 6.61 Å². The summed E-state index contributed by atoms with van der Waals surface area (Å²) in [4.78, 5) is 15.6. The van der Waals surface area contributed by atoms with Gasteiger partial charge in [0.25, 0.3) is 5.91 Å². The van der Waals surface area contributed by atoms with Crippen LogP contribution in [0.1, 0.15) is 6.92 Å². The second-order valence-corrected chi connectivity index (χ2v) is 4.61. The number of nitrogens with one attached hydrogen (secondary N) is 2. The van der Waals surface area contributed by atoms with E-state index in [4.69, 9.17) is 9.47 Å². The first-order valence-corrected chi connectivity index (χ1v) is 6.70. The van der Waals surface area contributed by atoms with Crippen LogP contribution in [-0.2, 0) is 4.79 Å². The fourth-order valence-electron chi connectivity index (χ4n) is 1.37. The van der Waals surface area contributed by atoms with Gasteiger partial charge in [-0.15, -0.1) is 5.10 Å². The van der Waals surface area contributed by atoms with Crippen LogP contribution in [0.3, 0.4) is 0 Å². The van der Waals surface area contributed by atoms with Crippen LogP contribution in [0.5, 0.6) is 11.8 Å². The smallest absolute Gasteiger partial charge is 0.337 e. The normalized spacial score (nSPS) is 10.1. The van der Waals surface area contributed by atoms with Gasteiger partial charge in [-0.3, -0.25) is 10.1 Å². The highest BCUT2D eigenvalue weighted by molar-refractivity contribution is 9.10. The highest BCUT2D eigenvalue weighted by atomic mass is 79.9. The lowest BCUT2D eigenvalue weighted by molar-refractivity contribution is -0.118. The van der Waals surface area contributed by atoms with Crippen molar-refractivity contribution in [1.29, 1.82) is 0 Å². The largest absolute Gasteiger partial charge is 0.484 e. The number of ether oxygens (including phenoxy) is 2. The predicted octanol–water partition coefficient (Wildman–Crippen LogP) is 1.98. The summed E-state index contributed by atoms with van der Waals surface area (Å²) in [5.74, 6) is 0.475. The van der Waals surface area contributed by atoms with Crippen LogP contribution in [-0.4, -0.2) is 34.3 Å². The molecule has 0 spiro atoms. The maximum absolute atomic E-state index is 11.7. The van der Waals surface area contributed by atoms with Gasteiger partial charge < -0.3 is 9.47 Å². The molecule has 0 aliphatic rings. The van der Waals surface area contributed by atoms with E-state index >= 15 is 0 Å². The van der Waals surface area contributed by atoms with Crippen LogP contribution in [0.15, 0.2) is 28.7 Å². The highest BCUT2D eigenvalue weighted by Crippen LogP contribution is 2.17. The Kier molecular flexibility index (Phi) is 4.94. The molecule has 106 valence electrons. The first-order chi connectivity index (χ1) is 9.67. The molecule has 1 heterocycles. The number of hydrogen-bond acceptors (Lipinski definition) is 5. The molecule has 1 aromatic carbocycles. The quantitative estimate of drug-likeness (QED) is 0.839. The Morgan fingerprint density at radius 1 is 1.45 bits per heavy atom. The molecule has 0 aliphatic heterocycles. The van der Waals surface area contributed by atoms with Crippen molar-refractivity contribution < 1.29 is 14.3 Å². The van der Waals surface area contributed by atoms with Crippen molar-refractivity contribution in [3.8, 4) is 11.8 Å². The van der Waals surface area contributed by atoms with Crippen molar-refractivity contribution in [3.63, 3.8) is 0 Å². The molecule has 0 radical (unpaired) electrons. The average Bonchev–Trinajstić information content (AvgIpc) is 2.84. The zero-order chi connectivity index (χ0) is 14.4. The molecule has 0 atom stereocenters. The molecule has 0 fully saturated rings. The van der Waals surface area contributed by atoms with E-state index in [1.165, 1.54) is 0 Å². The number of amides is 1. The number of carbonyl (C=O) groups excluding carboxylic acids is 1. The molecular formula is C12H13BrN4O3. The summed E-state index contributed by atoms with van der Waals surface area (Å²) in [6.07, 6.45) is 0. The topological polar surface area (TPSA) is 89.1 Å². The molecule has 7 nitrogen and oxygen atoms in total. The molecule has 2 aromatic rings. The Morgan fingerprint density at radius 3 is 3.05 bits per heavy atom. The van der Waals surface area contributed by atoms with E-state index in [0.717, 1.165) is 4.47 Å². The van der Waals surface area contributed by atoms with Crippen LogP contribution in [0.25, 0.3) is 0 Å². The van der Waals surface area contributed by atoms with Crippen molar-refractivity contribution in [2.24, 2.45) is 0 Å². The van der Waals surface area contributed by atoms with Gasteiger partial charge in [0.1, 0.15) is 5.75 Å². The van der Waals surface area contributed by atoms with Crippen molar-refractivity contribution in [2.45, 2.75) is 6.92 Å². The monoisotopic (exact) mass is 340 g/mol. The van der Waals surface area contributed by atoms with E-state index in [9.17, 15) is 4.79 Å². The van der Waals surface area contributed by atoms with Gasteiger partial charge in [0, 0.05) is 4.47 Å². The Bertz CT molecular complexity index is 588. The summed E-state index contributed by atoms with van der Waals surface area (Å²) in [6.45, 7) is 2.15. The van der Waals surface area contributed by atoms with Crippen LogP contribution >= 0.6 is 15.9 Å². The SMILES string of the molecule is CCOc1n[nH]c(NC(=O)COc2cccc(Br)c2)n1. The standard InChI is InChI=1S/C12H13BrN4O3/c1-2-19-12-15-11(16-17-12)14-10(18)7-20-9-5-3-4-8(13)6-9/h3-6H,2,7H2,1H3,(H2,14,15,16,17,18). The fourth-order valence-corrected chi connectivity index (χ4v) is 1.75. The van der Waals surface area contributed by atoms with E-state index in [1.54, 1.807) is 12.1 Å². The Balaban J connectivity index is 1.82. The number of aromatic nitrogens is 3. The number of nitrogens with zero attached hydrogens (tertiary/aromatic N) is 2. The Labute approximate surface area is 123 Å². The number of anilines is 1. The van der Waals surface area contributed by atoms with Gasteiger partial charge >= 0.3 is 6.01 Å². The van der Waals surface area contributed by atoms with Crippen LogP contribution < -0.4 is 14.8 Å². The molecule has 20 heavy (non-hydrogen) atoms. The first kappa shape index (κ1) is 14.3. The minimum Gasteiger partial charge on any atom is -0.484 e. The van der Waals surface area contributed by atoms with E-state index in [1.807, 2.05) is 19.1 Å². The third-order valence-electron chi connectivity index (χ3n) is 2.16. The van der Waals surface area contributed by atoms with Gasteiger partial charge in [-0.05, 0) is 25.1 Å². The summed E-state index contributed by atoms with van der Waals surface area (Å²) >= 11 is 3.32. The average molecular weight is 341 g/mol. The molecule has 1 aromatic heterocycles. The predicted molar refractivity (Wildman–Crippen MR) is 75.8 cm³/mol. The first-order valence-electron chi connectivity index (χ1n) is 5.91. The Morgan fingerprint density at radius 2 is 2.30 bits per heavy atom. The van der Waals surface area contributed by atoms with Gasteiger partial charge in [-0.1, -0.05) is 22.0 Å². The number of benzene rings is 1. The number of aromatic amines is 1. The Hall–Kier alpha value is -2.09. The van der Waals surface area contributed by atoms with E-state index in [-0.39, 0.29) is 24.5 Å². The number of hydrogen-bond donors (Lipinski definition) is 2. The number of rotatable bonds is 6. The van der Waals surface area contributed by atoms with Crippen molar-refractivity contribution in [3.05, 3.63) is 28.7 Å². The van der Waals surface area contributed by atoms with E-state index in [0.29, 0.717) is 12.4 Å². The summed E-state index contributed by atoms with van der Waals surface area (Å²) in [5.41, 5.74) is 0. The lowest BCUT2D eigenvalue weighted by atomic mass is 10.3. The van der Waals surface area contributed by atoms with Gasteiger partial charge in [0.05, 0.1) is 6.61 Å². The minimum atomic E-state index is -0.343. The molecule has 0 bridgehead atoms. The summed E-state index contributed by atoms with van der Waals surface area (Å²) in [7, 11) is 0. The second kappa shape index (κ2) is 6.90. The van der Waals surface area contributed by atoms with Gasteiger partial charge in [-0.2, -0.15) is 4.98 Å². The van der Waals surface area contributed by atoms with E-state index < -0.39 is 0 Å². The fraction of sp³-hybridized carbons (Fsp3) is 0.250. The van der Waals surface area contributed by atoms with Gasteiger partial charge in [-0.25, -0.2) is 5.10 Å². The summed E-state index contributed by atoms with van der Waals surface area (Å²) < 4.78 is 11.3. The van der Waals surface area contributed by atoms with Crippen molar-refractivity contribution >= 4 is 27.8 Å². The lowest BCUT2D eigenvalue weighted by Crippen LogP contribution is -2.20. The lowest BCUT2D eigenvalue weighted by Gasteiger charge is -2.05. The molecule has 2 N–H and O–H groups in total. The number of carbonyl (C=O) groups is 1. The molecule has 2 rings (SSSR count). The van der Waals surface area contributed by atoms with Crippen molar-refractivity contribution in [2.75, 3.05) is 18.5 Å². The second-order valence-electron chi connectivity index (χ2n) is 3.69. The van der Waals surface area contributed by atoms with E-state index in [2.05, 4.69) is 36.4 Å². The molecule has 0 unspecified atom stereocenters. The third-order valence-corrected chi connectivity index (χ3v) is 2.66. The number of H-pyrrole nitrogens is 1. The van der Waals surface area contributed by atoms with Crippen LogP contribution in [0, 0.1) is 0 Å². The minimum absolute atomic E-state index is 0.124. The zero-order valence-corrected chi connectivity index (χ0v) is 12.3. The molecule has 0 aliphatic carbocycles. The van der Waals surface area contributed by atoms with Crippen LogP contribution in [0.2, 0.25) is 0 Å². The molecule has 0 saturated carbocycles. The number of halogens is 1. The molecular weight excluding hydrogens is 328 g/mol. The molecule has 8 heteroatoms. The maximum atomic E-state index is 11.7. The molecule has 0 saturated heterocycles. The van der Waals surface area contributed by atoms with Crippen LogP contribution in [0.4, 0.5) is 5.95 Å². The highest BCUT2D eigenvalue weighted by Gasteiger charge is 2.08. The zero-order valence-electron chi connectivity index (χ0n) is 10.7. The van der Waals surface area contributed by atoms with Crippen molar-refractivity contribution in [1.82, 2.24) is 15.2 Å². The van der Waals surface area contributed by atoms with Gasteiger partial charge in [0.2, 0.25) is 5.95 Å². The summed E-state index contributed by atoms with van der Waals surface area (Å²) in [6, 6.07) is 7.42. The summed E-state index contributed by atoms with van der Waals surface area (Å²) in [5, 5.41) is 8.84. The maximum Gasteiger partial charge on any atom is 0.337 e. The molecule has 1 amide bonds. The third kappa shape index (κ3) is 4.23.